The summed E-state index contributed by atoms with van der Waals surface area (Å²) in [5, 5.41) is 8.57. The quantitative estimate of drug-likeness (QED) is 0.672. The van der Waals surface area contributed by atoms with Crippen LogP contribution in [-0.4, -0.2) is 66.6 Å². The maximum absolute atomic E-state index is 12.0. The van der Waals surface area contributed by atoms with E-state index in [1.54, 1.807) is 4.90 Å². The van der Waals surface area contributed by atoms with Gasteiger partial charge in [0.15, 0.2) is 0 Å². The summed E-state index contributed by atoms with van der Waals surface area (Å²) in [6.07, 6.45) is -2.32. The lowest BCUT2D eigenvalue weighted by Crippen LogP contribution is -2.50. The van der Waals surface area contributed by atoms with Crippen LogP contribution in [0.1, 0.15) is 0 Å². The predicted molar refractivity (Wildman–Crippen MR) is 46.1 cm³/mol. The van der Waals surface area contributed by atoms with Crippen LogP contribution in [0.5, 0.6) is 0 Å². The minimum absolute atomic E-state index is 0.235. The van der Waals surface area contributed by atoms with Gasteiger partial charge in [0.1, 0.15) is 6.61 Å². The van der Waals surface area contributed by atoms with Crippen LogP contribution in [0.3, 0.4) is 0 Å². The van der Waals surface area contributed by atoms with Gasteiger partial charge in [0.25, 0.3) is 6.43 Å². The summed E-state index contributed by atoms with van der Waals surface area (Å²) in [6, 6.07) is 0. The van der Waals surface area contributed by atoms with Crippen molar-refractivity contribution in [3.63, 3.8) is 0 Å². The highest BCUT2D eigenvalue weighted by atomic mass is 19.3. The number of alkyl halides is 2. The van der Waals surface area contributed by atoms with Gasteiger partial charge < -0.3 is 10.0 Å². The number of hydrogen-bond donors (Lipinski definition) is 1. The lowest BCUT2D eigenvalue weighted by atomic mass is 10.3. The molecular formula is C8H14F2N2O2. The van der Waals surface area contributed by atoms with Gasteiger partial charge in [0.05, 0.1) is 6.54 Å². The summed E-state index contributed by atoms with van der Waals surface area (Å²) in [6.45, 7) is 1.01. The molecule has 0 aromatic carbocycles. The van der Waals surface area contributed by atoms with Crippen molar-refractivity contribution in [1.29, 1.82) is 0 Å². The monoisotopic (exact) mass is 208 g/mol. The Kier molecular flexibility index (Phi) is 4.21. The molecule has 0 bridgehead atoms. The maximum atomic E-state index is 12.0. The molecule has 1 saturated heterocycles. The zero-order valence-corrected chi connectivity index (χ0v) is 7.83. The first-order chi connectivity index (χ1) is 6.63. The molecule has 0 aromatic heterocycles. The third-order valence-corrected chi connectivity index (χ3v) is 2.26. The van der Waals surface area contributed by atoms with Crippen molar-refractivity contribution in [2.24, 2.45) is 0 Å². The average molecular weight is 208 g/mol. The maximum Gasteiger partial charge on any atom is 0.251 e. The molecule has 1 aliphatic rings. The number of amides is 1. The fraction of sp³-hybridized carbons (Fsp3) is 0.875. The van der Waals surface area contributed by atoms with E-state index in [2.05, 4.69) is 0 Å². The van der Waals surface area contributed by atoms with Crippen LogP contribution in [0.2, 0.25) is 0 Å². The summed E-state index contributed by atoms with van der Waals surface area (Å²) in [5.74, 6) is -0.332. The topological polar surface area (TPSA) is 43.8 Å². The Hall–Kier alpha value is -0.750. The molecule has 1 aliphatic heterocycles. The predicted octanol–water partition coefficient (Wildman–Crippen LogP) is -0.612. The van der Waals surface area contributed by atoms with E-state index in [4.69, 9.17) is 5.11 Å². The van der Waals surface area contributed by atoms with Crippen molar-refractivity contribution in [1.82, 2.24) is 9.80 Å². The number of carbonyl (C=O) groups excluding carboxylic acids is 1. The van der Waals surface area contributed by atoms with Crippen LogP contribution in [0, 0.1) is 0 Å². The lowest BCUT2D eigenvalue weighted by Gasteiger charge is -2.34. The summed E-state index contributed by atoms with van der Waals surface area (Å²) in [5.41, 5.74) is 0. The Morgan fingerprint density at radius 3 is 2.29 bits per heavy atom. The smallest absolute Gasteiger partial charge is 0.251 e. The summed E-state index contributed by atoms with van der Waals surface area (Å²) in [7, 11) is 0. The van der Waals surface area contributed by atoms with E-state index in [0.29, 0.717) is 26.2 Å². The molecule has 0 aliphatic carbocycles. The van der Waals surface area contributed by atoms with Crippen molar-refractivity contribution < 1.29 is 18.7 Å². The van der Waals surface area contributed by atoms with Crippen molar-refractivity contribution >= 4 is 5.91 Å². The molecule has 1 fully saturated rings. The molecule has 4 nitrogen and oxygen atoms in total. The van der Waals surface area contributed by atoms with Crippen molar-refractivity contribution in [2.75, 3.05) is 39.3 Å². The Morgan fingerprint density at radius 1 is 1.29 bits per heavy atom. The number of aliphatic hydroxyl groups is 1. The van der Waals surface area contributed by atoms with E-state index in [-0.39, 0.29) is 12.5 Å². The molecule has 1 rings (SSSR count). The van der Waals surface area contributed by atoms with Crippen molar-refractivity contribution in [3.8, 4) is 0 Å². The van der Waals surface area contributed by atoms with E-state index >= 15 is 0 Å². The largest absolute Gasteiger partial charge is 0.387 e. The highest BCUT2D eigenvalue weighted by Crippen LogP contribution is 2.04. The molecule has 0 saturated carbocycles. The number of piperazine rings is 1. The third-order valence-electron chi connectivity index (χ3n) is 2.26. The minimum atomic E-state index is -2.32. The van der Waals surface area contributed by atoms with E-state index in [0.717, 1.165) is 0 Å². The Balaban J connectivity index is 2.27. The summed E-state index contributed by atoms with van der Waals surface area (Å²) < 4.78 is 24.0. The molecule has 82 valence electrons. The first-order valence-corrected chi connectivity index (χ1v) is 4.52. The molecule has 0 unspecified atom stereocenters. The second-order valence-corrected chi connectivity index (χ2v) is 3.23. The Labute approximate surface area is 81.1 Å². The van der Waals surface area contributed by atoms with Gasteiger partial charge in [-0.1, -0.05) is 0 Å². The molecule has 0 radical (unpaired) electrons. The highest BCUT2D eigenvalue weighted by molar-refractivity contribution is 5.77. The van der Waals surface area contributed by atoms with Gasteiger partial charge in [0.2, 0.25) is 5.91 Å². The molecule has 0 atom stereocenters. The fourth-order valence-electron chi connectivity index (χ4n) is 1.48. The first kappa shape index (κ1) is 11.3. The molecule has 1 heterocycles. The third kappa shape index (κ3) is 3.19. The molecule has 0 aromatic rings. The molecule has 0 spiro atoms. The van der Waals surface area contributed by atoms with Crippen molar-refractivity contribution in [2.45, 2.75) is 6.43 Å². The molecule has 14 heavy (non-hydrogen) atoms. The van der Waals surface area contributed by atoms with E-state index < -0.39 is 13.0 Å². The number of hydrogen-bond acceptors (Lipinski definition) is 3. The van der Waals surface area contributed by atoms with Gasteiger partial charge in [-0.05, 0) is 0 Å². The molecule has 1 amide bonds. The fourth-order valence-corrected chi connectivity index (χ4v) is 1.48. The zero-order valence-electron chi connectivity index (χ0n) is 7.83. The van der Waals surface area contributed by atoms with Gasteiger partial charge in [0, 0.05) is 26.2 Å². The number of rotatable bonds is 3. The first-order valence-electron chi connectivity index (χ1n) is 4.52. The van der Waals surface area contributed by atoms with Crippen LogP contribution in [0.15, 0.2) is 0 Å². The second kappa shape index (κ2) is 5.21. The van der Waals surface area contributed by atoms with Gasteiger partial charge in [-0.2, -0.15) is 0 Å². The molecular weight excluding hydrogens is 194 g/mol. The number of nitrogens with zero attached hydrogens (tertiary/aromatic N) is 2. The molecule has 1 N–H and O–H groups in total. The van der Waals surface area contributed by atoms with Crippen molar-refractivity contribution in [3.05, 3.63) is 0 Å². The van der Waals surface area contributed by atoms with E-state index in [9.17, 15) is 13.6 Å². The van der Waals surface area contributed by atoms with E-state index in [1.807, 2.05) is 0 Å². The Bertz CT molecular complexity index is 194. The van der Waals surface area contributed by atoms with Crippen LogP contribution < -0.4 is 0 Å². The van der Waals surface area contributed by atoms with E-state index in [1.165, 1.54) is 4.90 Å². The second-order valence-electron chi connectivity index (χ2n) is 3.23. The van der Waals surface area contributed by atoms with Gasteiger partial charge in [-0.3, -0.25) is 9.69 Å². The van der Waals surface area contributed by atoms with Crippen LogP contribution in [0.4, 0.5) is 8.78 Å². The lowest BCUT2D eigenvalue weighted by molar-refractivity contribution is -0.136. The number of halogens is 2. The van der Waals surface area contributed by atoms with Gasteiger partial charge in [-0.15, -0.1) is 0 Å². The minimum Gasteiger partial charge on any atom is -0.387 e. The van der Waals surface area contributed by atoms with Gasteiger partial charge in [-0.25, -0.2) is 8.78 Å². The van der Waals surface area contributed by atoms with Gasteiger partial charge >= 0.3 is 0 Å². The summed E-state index contributed by atoms with van der Waals surface area (Å²) >= 11 is 0. The standard InChI is InChI=1S/C8H14F2N2O2/c9-7(10)5-11-1-3-12(4-2-11)8(14)6-13/h7,13H,1-6H2. The highest BCUT2D eigenvalue weighted by Gasteiger charge is 2.21. The van der Waals surface area contributed by atoms with Crippen LogP contribution >= 0.6 is 0 Å². The normalized spacial score (nSPS) is 19.0. The SMILES string of the molecule is O=C(CO)N1CCN(CC(F)F)CC1. The zero-order chi connectivity index (χ0) is 10.6. The Morgan fingerprint density at radius 2 is 1.86 bits per heavy atom. The summed E-state index contributed by atoms with van der Waals surface area (Å²) in [4.78, 5) is 14.1. The average Bonchev–Trinajstić information content (AvgIpc) is 2.17. The number of aliphatic hydroxyl groups excluding tert-OH is 1. The van der Waals surface area contributed by atoms with Crippen LogP contribution in [0.25, 0.3) is 0 Å². The van der Waals surface area contributed by atoms with Crippen LogP contribution in [-0.2, 0) is 4.79 Å². The molecule has 6 heteroatoms. The number of carbonyl (C=O) groups is 1.